The second-order valence-corrected chi connectivity index (χ2v) is 5.71. The summed E-state index contributed by atoms with van der Waals surface area (Å²) >= 11 is 0. The number of hydrogen-bond acceptors (Lipinski definition) is 6. The van der Waals surface area contributed by atoms with Gasteiger partial charge in [-0.2, -0.15) is 10.5 Å². The van der Waals surface area contributed by atoms with Gasteiger partial charge in [0.2, 0.25) is 0 Å². The summed E-state index contributed by atoms with van der Waals surface area (Å²) in [4.78, 5) is 10.6. The first-order valence-corrected chi connectivity index (χ1v) is 7.66. The molecule has 0 aliphatic rings. The average Bonchev–Trinajstić information content (AvgIpc) is 2.60. The summed E-state index contributed by atoms with van der Waals surface area (Å²) < 4.78 is 5.87. The fourth-order valence-corrected chi connectivity index (χ4v) is 2.31. The molecule has 7 heteroatoms. The van der Waals surface area contributed by atoms with Gasteiger partial charge in [0.25, 0.3) is 5.69 Å². The summed E-state index contributed by atoms with van der Waals surface area (Å²) in [7, 11) is 0. The van der Waals surface area contributed by atoms with E-state index < -0.39 is 4.92 Å². The largest absolute Gasteiger partial charge is 0.457 e. The molecule has 130 valence electrons. The Hall–Kier alpha value is -3.84. The van der Waals surface area contributed by atoms with E-state index in [1.54, 1.807) is 18.2 Å². The monoisotopic (exact) mass is 348 g/mol. The molecule has 2 aromatic carbocycles. The Morgan fingerprint density at radius 2 is 1.85 bits per heavy atom. The van der Waals surface area contributed by atoms with E-state index >= 15 is 0 Å². The fraction of sp³-hybridized carbons (Fsp3) is 0.158. The molecule has 0 radical (unpaired) electrons. The quantitative estimate of drug-likeness (QED) is 0.478. The lowest BCUT2D eigenvalue weighted by Gasteiger charge is -2.13. The fourth-order valence-electron chi connectivity index (χ4n) is 2.31. The Labute approximate surface area is 150 Å². The zero-order chi connectivity index (χ0) is 19.3. The van der Waals surface area contributed by atoms with Gasteiger partial charge < -0.3 is 10.1 Å². The van der Waals surface area contributed by atoms with Crippen LogP contribution in [0.2, 0.25) is 0 Å². The van der Waals surface area contributed by atoms with Crippen LogP contribution in [0.25, 0.3) is 0 Å². The van der Waals surface area contributed by atoms with Gasteiger partial charge in [0.05, 0.1) is 11.0 Å². The highest BCUT2D eigenvalue weighted by Gasteiger charge is 2.13. The van der Waals surface area contributed by atoms with Gasteiger partial charge in [-0.3, -0.25) is 10.1 Å². The molecule has 0 bridgehead atoms. The molecule has 0 saturated heterocycles. The second-order valence-electron chi connectivity index (χ2n) is 5.71. The van der Waals surface area contributed by atoms with Crippen molar-refractivity contribution in [2.24, 2.45) is 0 Å². The number of anilines is 1. The lowest BCUT2D eigenvalue weighted by molar-refractivity contribution is -0.384. The molecule has 0 amide bonds. The number of non-ortho nitro benzene ring substituents is 1. The molecule has 26 heavy (non-hydrogen) atoms. The van der Waals surface area contributed by atoms with Crippen LogP contribution in [0.1, 0.15) is 16.7 Å². The number of benzene rings is 2. The molecule has 0 unspecified atom stereocenters. The molecular weight excluding hydrogens is 332 g/mol. The standard InChI is InChI=1S/C19H16N4O3/c1-12-4-13(2)14(3)19(5-12)26-18-7-16(6-17(8-18)23(24)25)22-11-15(9-20)10-21/h4-8,11,22H,1-3H3. The molecule has 7 nitrogen and oxygen atoms in total. The zero-order valence-electron chi connectivity index (χ0n) is 14.5. The van der Waals surface area contributed by atoms with Crippen molar-refractivity contribution >= 4 is 11.4 Å². The number of hydrogen-bond donors (Lipinski definition) is 1. The summed E-state index contributed by atoms with van der Waals surface area (Å²) in [5, 5.41) is 31.4. The molecule has 0 aliphatic carbocycles. The Balaban J connectivity index is 2.43. The number of ether oxygens (including phenoxy) is 1. The lowest BCUT2D eigenvalue weighted by atomic mass is 10.1. The maximum Gasteiger partial charge on any atom is 0.275 e. The Morgan fingerprint density at radius 1 is 1.15 bits per heavy atom. The SMILES string of the molecule is Cc1cc(C)c(C)c(Oc2cc(NC=C(C#N)C#N)cc([N+](=O)[O-])c2)c1. The normalized spacial score (nSPS) is 9.58. The van der Waals surface area contributed by atoms with Crippen LogP contribution in [0.4, 0.5) is 11.4 Å². The van der Waals surface area contributed by atoms with Crippen LogP contribution in [0.15, 0.2) is 42.1 Å². The van der Waals surface area contributed by atoms with E-state index in [4.69, 9.17) is 15.3 Å². The molecule has 1 N–H and O–H groups in total. The highest BCUT2D eigenvalue weighted by molar-refractivity contribution is 5.59. The number of nitro benzene ring substituents is 1. The van der Waals surface area contributed by atoms with E-state index in [0.717, 1.165) is 16.7 Å². The van der Waals surface area contributed by atoms with Crippen LogP contribution in [-0.2, 0) is 0 Å². The van der Waals surface area contributed by atoms with Crippen LogP contribution in [0.3, 0.4) is 0 Å². The highest BCUT2D eigenvalue weighted by Crippen LogP contribution is 2.32. The van der Waals surface area contributed by atoms with Crippen LogP contribution < -0.4 is 10.1 Å². The molecular formula is C19H16N4O3. The van der Waals surface area contributed by atoms with E-state index in [1.165, 1.54) is 18.3 Å². The third-order valence-electron chi connectivity index (χ3n) is 3.72. The Morgan fingerprint density at radius 3 is 2.46 bits per heavy atom. The lowest BCUT2D eigenvalue weighted by Crippen LogP contribution is -1.96. The minimum Gasteiger partial charge on any atom is -0.457 e. The Bertz CT molecular complexity index is 965. The summed E-state index contributed by atoms with van der Waals surface area (Å²) in [5.74, 6) is 0.887. The van der Waals surface area contributed by atoms with Gasteiger partial charge in [-0.1, -0.05) is 6.07 Å². The van der Waals surface area contributed by atoms with Crippen molar-refractivity contribution in [3.05, 3.63) is 68.9 Å². The van der Waals surface area contributed by atoms with Gasteiger partial charge in [0, 0.05) is 24.0 Å². The molecule has 0 heterocycles. The molecule has 2 rings (SSSR count). The van der Waals surface area contributed by atoms with Gasteiger partial charge in [-0.15, -0.1) is 0 Å². The first-order valence-electron chi connectivity index (χ1n) is 7.66. The summed E-state index contributed by atoms with van der Waals surface area (Å²) in [5.41, 5.74) is 3.02. The van der Waals surface area contributed by atoms with Crippen LogP contribution in [0.5, 0.6) is 11.5 Å². The third-order valence-corrected chi connectivity index (χ3v) is 3.72. The second kappa shape index (κ2) is 7.82. The number of nitrogens with zero attached hydrogens (tertiary/aromatic N) is 3. The van der Waals surface area contributed by atoms with E-state index in [1.807, 2.05) is 32.9 Å². The Kier molecular flexibility index (Phi) is 5.56. The molecule has 0 aromatic heterocycles. The number of aryl methyl sites for hydroxylation is 2. The molecule has 0 aliphatic heterocycles. The molecule has 0 fully saturated rings. The summed E-state index contributed by atoms with van der Waals surface area (Å²) in [6, 6.07) is 11.5. The summed E-state index contributed by atoms with van der Waals surface area (Å²) in [6.07, 6.45) is 1.19. The van der Waals surface area contributed by atoms with Crippen molar-refractivity contribution in [2.75, 3.05) is 5.32 Å². The highest BCUT2D eigenvalue weighted by atomic mass is 16.6. The first kappa shape index (κ1) is 18.5. The number of allylic oxidation sites excluding steroid dienone is 1. The van der Waals surface area contributed by atoms with Crippen molar-refractivity contribution in [1.29, 1.82) is 10.5 Å². The smallest absolute Gasteiger partial charge is 0.275 e. The topological polar surface area (TPSA) is 112 Å². The summed E-state index contributed by atoms with van der Waals surface area (Å²) in [6.45, 7) is 5.82. The number of nitriles is 2. The predicted octanol–water partition coefficient (Wildman–Crippen LogP) is 4.66. The first-order chi connectivity index (χ1) is 12.3. The molecule has 0 spiro atoms. The van der Waals surface area contributed by atoms with Gasteiger partial charge in [-0.05, 0) is 43.5 Å². The number of nitrogens with one attached hydrogen (secondary N) is 1. The number of rotatable bonds is 5. The predicted molar refractivity (Wildman–Crippen MR) is 96.8 cm³/mol. The molecule has 0 atom stereocenters. The minimum absolute atomic E-state index is 0.149. The van der Waals surface area contributed by atoms with Crippen molar-refractivity contribution in [3.8, 4) is 23.6 Å². The maximum absolute atomic E-state index is 11.2. The van der Waals surface area contributed by atoms with Gasteiger partial charge >= 0.3 is 0 Å². The van der Waals surface area contributed by atoms with Gasteiger partial charge in [0.1, 0.15) is 29.2 Å². The van der Waals surface area contributed by atoms with Crippen LogP contribution in [0, 0.1) is 53.5 Å². The third kappa shape index (κ3) is 4.37. The van der Waals surface area contributed by atoms with E-state index in [0.29, 0.717) is 11.4 Å². The van der Waals surface area contributed by atoms with Gasteiger partial charge in [0.15, 0.2) is 0 Å². The zero-order valence-corrected chi connectivity index (χ0v) is 14.5. The van der Waals surface area contributed by atoms with Crippen LogP contribution >= 0.6 is 0 Å². The maximum atomic E-state index is 11.2. The molecule has 2 aromatic rings. The van der Waals surface area contributed by atoms with Crippen molar-refractivity contribution < 1.29 is 9.66 Å². The van der Waals surface area contributed by atoms with Gasteiger partial charge in [-0.25, -0.2) is 0 Å². The van der Waals surface area contributed by atoms with Crippen molar-refractivity contribution in [3.63, 3.8) is 0 Å². The number of nitro groups is 1. The van der Waals surface area contributed by atoms with Crippen LogP contribution in [-0.4, -0.2) is 4.92 Å². The van der Waals surface area contributed by atoms with Crippen molar-refractivity contribution in [1.82, 2.24) is 0 Å². The van der Waals surface area contributed by atoms with E-state index in [9.17, 15) is 10.1 Å². The average molecular weight is 348 g/mol. The molecule has 0 saturated carbocycles. The van der Waals surface area contributed by atoms with E-state index in [-0.39, 0.29) is 17.0 Å². The van der Waals surface area contributed by atoms with Crippen molar-refractivity contribution in [2.45, 2.75) is 20.8 Å². The minimum atomic E-state index is -0.536. The van der Waals surface area contributed by atoms with E-state index in [2.05, 4.69) is 5.32 Å².